The first kappa shape index (κ1) is 23.4. The average Bonchev–Trinajstić information content (AvgIpc) is 2.63. The van der Waals surface area contributed by atoms with Gasteiger partial charge in [-0.15, -0.1) is 24.8 Å². The highest BCUT2D eigenvalue weighted by Gasteiger charge is 2.17. The molecule has 3 N–H and O–H groups in total. The molecule has 3 rings (SSSR count). The third-order valence-corrected chi connectivity index (χ3v) is 4.81. The Labute approximate surface area is 174 Å². The summed E-state index contributed by atoms with van der Waals surface area (Å²) in [7, 11) is 0. The predicted molar refractivity (Wildman–Crippen MR) is 117 cm³/mol. The number of carbonyl (C=O) groups is 1. The highest BCUT2D eigenvalue weighted by atomic mass is 35.5. The van der Waals surface area contributed by atoms with Crippen molar-refractivity contribution in [1.29, 1.82) is 0 Å². The fourth-order valence-electron chi connectivity index (χ4n) is 3.41. The van der Waals surface area contributed by atoms with Crippen molar-refractivity contribution in [3.63, 3.8) is 0 Å². The Morgan fingerprint density at radius 2 is 1.81 bits per heavy atom. The highest BCUT2D eigenvalue weighted by Crippen LogP contribution is 2.19. The van der Waals surface area contributed by atoms with E-state index in [2.05, 4.69) is 29.3 Å². The summed E-state index contributed by atoms with van der Waals surface area (Å²) < 4.78 is 0. The second-order valence-electron chi connectivity index (χ2n) is 7.06. The van der Waals surface area contributed by atoms with Gasteiger partial charge in [0.05, 0.1) is 0 Å². The Balaban J connectivity index is 0.00000182. The minimum absolute atomic E-state index is 0. The molecule has 148 valence electrons. The molecular weight excluding hydrogens is 381 g/mol. The number of hydrogen-bond acceptors (Lipinski definition) is 3. The number of likely N-dealkylation sites (tertiary alicyclic amines) is 1. The topological polar surface area (TPSA) is 58.4 Å². The lowest BCUT2D eigenvalue weighted by molar-refractivity contribution is -0.117. The monoisotopic (exact) mass is 409 g/mol. The molecule has 2 aromatic rings. The van der Waals surface area contributed by atoms with E-state index in [1.807, 2.05) is 42.5 Å². The normalized spacial score (nSPS) is 17.9. The first-order valence-corrected chi connectivity index (χ1v) is 9.04. The second-order valence-corrected chi connectivity index (χ2v) is 7.06. The van der Waals surface area contributed by atoms with Gasteiger partial charge in [-0.1, -0.05) is 49.4 Å². The maximum atomic E-state index is 12.3. The van der Waals surface area contributed by atoms with E-state index in [1.165, 1.54) is 31.5 Å². The van der Waals surface area contributed by atoms with Gasteiger partial charge in [-0.05, 0) is 48.6 Å². The summed E-state index contributed by atoms with van der Waals surface area (Å²) in [6.07, 6.45) is 2.62. The molecule has 1 heterocycles. The van der Waals surface area contributed by atoms with Crippen molar-refractivity contribution >= 4 is 36.4 Å². The molecule has 6 heteroatoms. The van der Waals surface area contributed by atoms with Crippen LogP contribution in [0.25, 0.3) is 0 Å². The lowest BCUT2D eigenvalue weighted by Gasteiger charge is -2.30. The zero-order chi connectivity index (χ0) is 17.6. The van der Waals surface area contributed by atoms with Crippen LogP contribution in [0.1, 0.15) is 36.9 Å². The summed E-state index contributed by atoms with van der Waals surface area (Å²) >= 11 is 0. The van der Waals surface area contributed by atoms with E-state index in [-0.39, 0.29) is 30.7 Å². The van der Waals surface area contributed by atoms with Crippen LogP contribution in [-0.4, -0.2) is 23.9 Å². The van der Waals surface area contributed by atoms with Gasteiger partial charge >= 0.3 is 0 Å². The molecule has 0 bridgehead atoms. The molecule has 2 unspecified atom stereocenters. The molecule has 4 nitrogen and oxygen atoms in total. The Morgan fingerprint density at radius 3 is 2.44 bits per heavy atom. The molecule has 0 radical (unpaired) electrons. The lowest BCUT2D eigenvalue weighted by Crippen LogP contribution is -2.33. The molecular formula is C21H29Cl2N3O. The van der Waals surface area contributed by atoms with E-state index in [1.54, 1.807) is 0 Å². The highest BCUT2D eigenvalue weighted by molar-refractivity contribution is 5.95. The van der Waals surface area contributed by atoms with Crippen molar-refractivity contribution in [1.82, 2.24) is 4.90 Å². The Hall–Kier alpha value is -1.59. The number of nitrogens with zero attached hydrogens (tertiary/aromatic N) is 1. The molecule has 0 saturated carbocycles. The van der Waals surface area contributed by atoms with Gasteiger partial charge in [0.25, 0.3) is 0 Å². The number of rotatable bonds is 5. The van der Waals surface area contributed by atoms with Gasteiger partial charge in [-0.2, -0.15) is 0 Å². The van der Waals surface area contributed by atoms with Crippen molar-refractivity contribution in [3.05, 3.63) is 65.7 Å². The molecule has 2 aromatic carbocycles. The van der Waals surface area contributed by atoms with Crippen LogP contribution in [0.5, 0.6) is 0 Å². The lowest BCUT2D eigenvalue weighted by atomic mass is 10.00. The van der Waals surface area contributed by atoms with Crippen LogP contribution in [0.4, 0.5) is 5.69 Å². The largest absolute Gasteiger partial charge is 0.324 e. The van der Waals surface area contributed by atoms with Crippen molar-refractivity contribution < 1.29 is 4.79 Å². The minimum atomic E-state index is -0.657. The number of nitrogens with two attached hydrogens (primary N) is 1. The molecule has 0 aliphatic carbocycles. The van der Waals surface area contributed by atoms with Gasteiger partial charge in [-0.3, -0.25) is 9.69 Å². The first-order valence-electron chi connectivity index (χ1n) is 9.04. The maximum Gasteiger partial charge on any atom is 0.245 e. The first-order chi connectivity index (χ1) is 12.1. The van der Waals surface area contributed by atoms with Crippen LogP contribution in [0.3, 0.4) is 0 Å². The van der Waals surface area contributed by atoms with Gasteiger partial charge in [-0.25, -0.2) is 0 Å². The number of anilines is 1. The summed E-state index contributed by atoms with van der Waals surface area (Å²) in [5.41, 5.74) is 8.91. The zero-order valence-electron chi connectivity index (χ0n) is 15.6. The third-order valence-electron chi connectivity index (χ3n) is 4.81. The molecule has 2 atom stereocenters. The second kappa shape index (κ2) is 11.3. The number of carbonyl (C=O) groups excluding carboxylic acids is 1. The summed E-state index contributed by atoms with van der Waals surface area (Å²) in [5, 5.41) is 2.90. The minimum Gasteiger partial charge on any atom is -0.324 e. The molecule has 1 aliphatic heterocycles. The average molecular weight is 410 g/mol. The number of nitrogens with one attached hydrogen (secondary N) is 1. The van der Waals surface area contributed by atoms with Crippen LogP contribution in [0, 0.1) is 5.92 Å². The van der Waals surface area contributed by atoms with Crippen LogP contribution in [-0.2, 0) is 11.3 Å². The number of benzene rings is 2. The fraction of sp³-hybridized carbons (Fsp3) is 0.381. The van der Waals surface area contributed by atoms with E-state index in [0.29, 0.717) is 0 Å². The van der Waals surface area contributed by atoms with Crippen LogP contribution >= 0.6 is 24.8 Å². The predicted octanol–water partition coefficient (Wildman–Crippen LogP) is 4.40. The van der Waals surface area contributed by atoms with Gasteiger partial charge in [0.2, 0.25) is 5.91 Å². The Morgan fingerprint density at radius 1 is 1.15 bits per heavy atom. The molecule has 1 aliphatic rings. The number of piperidine rings is 1. The molecule has 1 amide bonds. The van der Waals surface area contributed by atoms with E-state index in [9.17, 15) is 4.79 Å². The Bertz CT molecular complexity index is 694. The van der Waals surface area contributed by atoms with Gasteiger partial charge in [0.1, 0.15) is 6.04 Å². The van der Waals surface area contributed by atoms with Gasteiger partial charge in [0, 0.05) is 18.8 Å². The molecule has 0 aromatic heterocycles. The smallest absolute Gasteiger partial charge is 0.245 e. The van der Waals surface area contributed by atoms with E-state index >= 15 is 0 Å². The third kappa shape index (κ3) is 6.82. The van der Waals surface area contributed by atoms with Crippen molar-refractivity contribution in [2.24, 2.45) is 11.7 Å². The molecule has 0 spiro atoms. The Kier molecular flexibility index (Phi) is 9.81. The van der Waals surface area contributed by atoms with Crippen molar-refractivity contribution in [2.75, 3.05) is 18.4 Å². The van der Waals surface area contributed by atoms with Gasteiger partial charge in [0.15, 0.2) is 0 Å². The quantitative estimate of drug-likeness (QED) is 0.768. The standard InChI is InChI=1S/C21H27N3O.2ClH/c1-16-6-5-13-24(14-16)15-17-9-11-19(12-10-17)23-21(25)20(22)18-7-3-2-4-8-18;;/h2-4,7-12,16,20H,5-6,13-15,22H2,1H3,(H,23,25);2*1H. The van der Waals surface area contributed by atoms with E-state index in [0.717, 1.165) is 23.7 Å². The van der Waals surface area contributed by atoms with Crippen molar-refractivity contribution in [2.45, 2.75) is 32.4 Å². The summed E-state index contributed by atoms with van der Waals surface area (Å²) in [6, 6.07) is 16.9. The zero-order valence-corrected chi connectivity index (χ0v) is 17.3. The van der Waals surface area contributed by atoms with Crippen LogP contribution in [0.2, 0.25) is 0 Å². The fourth-order valence-corrected chi connectivity index (χ4v) is 3.41. The van der Waals surface area contributed by atoms with Gasteiger partial charge < -0.3 is 11.1 Å². The van der Waals surface area contributed by atoms with Crippen LogP contribution in [0.15, 0.2) is 54.6 Å². The number of amides is 1. The molecule has 1 saturated heterocycles. The summed E-state index contributed by atoms with van der Waals surface area (Å²) in [4.78, 5) is 14.8. The number of halogens is 2. The summed E-state index contributed by atoms with van der Waals surface area (Å²) in [6.45, 7) is 5.64. The maximum absolute atomic E-state index is 12.3. The van der Waals surface area contributed by atoms with Crippen molar-refractivity contribution in [3.8, 4) is 0 Å². The number of hydrogen-bond donors (Lipinski definition) is 2. The SMILES string of the molecule is CC1CCCN(Cc2ccc(NC(=O)C(N)c3ccccc3)cc2)C1.Cl.Cl. The molecule has 1 fully saturated rings. The summed E-state index contributed by atoms with van der Waals surface area (Å²) in [5.74, 6) is 0.593. The van der Waals surface area contributed by atoms with E-state index < -0.39 is 6.04 Å². The van der Waals surface area contributed by atoms with E-state index in [4.69, 9.17) is 5.73 Å². The van der Waals surface area contributed by atoms with Crippen LogP contribution < -0.4 is 11.1 Å². The molecule has 27 heavy (non-hydrogen) atoms.